The molecular formula is C13H22N2OS. The number of ether oxygens (including phenoxy) is 1. The van der Waals surface area contributed by atoms with E-state index in [0.29, 0.717) is 12.1 Å². The van der Waals surface area contributed by atoms with Gasteiger partial charge in [0.2, 0.25) is 0 Å². The molecule has 1 aliphatic heterocycles. The molecule has 0 bridgehead atoms. The highest BCUT2D eigenvalue weighted by molar-refractivity contribution is 7.09. The van der Waals surface area contributed by atoms with Gasteiger partial charge in [-0.25, -0.2) is 0 Å². The summed E-state index contributed by atoms with van der Waals surface area (Å²) in [4.78, 5) is 5.50. The van der Waals surface area contributed by atoms with E-state index < -0.39 is 0 Å². The molecule has 2 unspecified atom stereocenters. The molecule has 2 heterocycles. The molecule has 96 valence electrons. The second-order valence-electron chi connectivity index (χ2n) is 4.64. The van der Waals surface area contributed by atoms with Crippen molar-refractivity contribution in [2.45, 2.75) is 51.2 Å². The third-order valence-corrected chi connectivity index (χ3v) is 4.03. The van der Waals surface area contributed by atoms with Crippen LogP contribution >= 0.6 is 11.3 Å². The Bertz CT molecular complexity index is 296. The Kier molecular flexibility index (Phi) is 5.42. The molecule has 1 aromatic heterocycles. The van der Waals surface area contributed by atoms with Crippen LogP contribution < -0.4 is 5.32 Å². The molecule has 2 atom stereocenters. The van der Waals surface area contributed by atoms with Crippen LogP contribution in [0.25, 0.3) is 0 Å². The summed E-state index contributed by atoms with van der Waals surface area (Å²) >= 11 is 1.74. The van der Waals surface area contributed by atoms with Gasteiger partial charge in [-0.3, -0.25) is 4.98 Å². The Morgan fingerprint density at radius 1 is 1.59 bits per heavy atom. The molecule has 3 nitrogen and oxygen atoms in total. The molecule has 1 N–H and O–H groups in total. The molecule has 1 fully saturated rings. The zero-order valence-corrected chi connectivity index (χ0v) is 11.3. The maximum atomic E-state index is 5.91. The van der Waals surface area contributed by atoms with E-state index >= 15 is 0 Å². The van der Waals surface area contributed by atoms with Crippen molar-refractivity contribution in [1.82, 2.24) is 10.3 Å². The number of thiazole rings is 1. The maximum absolute atomic E-state index is 5.91. The van der Waals surface area contributed by atoms with Crippen molar-refractivity contribution in [2.75, 3.05) is 13.2 Å². The van der Waals surface area contributed by atoms with Gasteiger partial charge in [0, 0.05) is 30.1 Å². The molecule has 2 rings (SSSR count). The van der Waals surface area contributed by atoms with Crippen LogP contribution in [0.5, 0.6) is 0 Å². The van der Waals surface area contributed by atoms with Gasteiger partial charge >= 0.3 is 0 Å². The van der Waals surface area contributed by atoms with Crippen molar-refractivity contribution in [2.24, 2.45) is 0 Å². The van der Waals surface area contributed by atoms with Gasteiger partial charge in [0.15, 0.2) is 0 Å². The van der Waals surface area contributed by atoms with E-state index in [1.807, 2.05) is 11.7 Å². The largest absolute Gasteiger partial charge is 0.377 e. The van der Waals surface area contributed by atoms with Crippen LogP contribution in [-0.2, 0) is 11.2 Å². The molecule has 0 radical (unpaired) electrons. The fraction of sp³-hybridized carbons (Fsp3) is 0.769. The fourth-order valence-corrected chi connectivity index (χ4v) is 2.96. The van der Waals surface area contributed by atoms with Gasteiger partial charge in [-0.1, -0.05) is 6.92 Å². The van der Waals surface area contributed by atoms with E-state index in [-0.39, 0.29) is 0 Å². The van der Waals surface area contributed by atoms with Gasteiger partial charge in [0.1, 0.15) is 0 Å². The normalized spacial score (nSPS) is 22.5. The summed E-state index contributed by atoms with van der Waals surface area (Å²) in [5.74, 6) is 0. The quantitative estimate of drug-likeness (QED) is 0.847. The lowest BCUT2D eigenvalue weighted by Gasteiger charge is -2.31. The van der Waals surface area contributed by atoms with Crippen molar-refractivity contribution < 1.29 is 4.74 Å². The van der Waals surface area contributed by atoms with E-state index in [1.165, 1.54) is 30.6 Å². The summed E-state index contributed by atoms with van der Waals surface area (Å²) in [7, 11) is 0. The van der Waals surface area contributed by atoms with E-state index in [0.717, 1.165) is 19.6 Å². The molecule has 0 saturated carbocycles. The highest BCUT2D eigenvalue weighted by Crippen LogP contribution is 2.20. The number of nitrogens with zero attached hydrogens (tertiary/aromatic N) is 1. The molecule has 0 aliphatic carbocycles. The van der Waals surface area contributed by atoms with Crippen molar-refractivity contribution in [1.29, 1.82) is 0 Å². The average Bonchev–Trinajstić information content (AvgIpc) is 2.88. The van der Waals surface area contributed by atoms with Gasteiger partial charge in [-0.15, -0.1) is 11.3 Å². The van der Waals surface area contributed by atoms with Gasteiger partial charge in [-0.05, 0) is 32.2 Å². The van der Waals surface area contributed by atoms with Crippen molar-refractivity contribution in [3.63, 3.8) is 0 Å². The third kappa shape index (κ3) is 4.05. The van der Waals surface area contributed by atoms with Crippen molar-refractivity contribution >= 4 is 11.3 Å². The van der Waals surface area contributed by atoms with Crippen LogP contribution in [0.3, 0.4) is 0 Å². The number of hydrogen-bond acceptors (Lipinski definition) is 4. The lowest BCUT2D eigenvalue weighted by molar-refractivity contribution is -0.00722. The van der Waals surface area contributed by atoms with Crippen LogP contribution in [-0.4, -0.2) is 30.3 Å². The van der Waals surface area contributed by atoms with Crippen LogP contribution in [0.2, 0.25) is 0 Å². The predicted octanol–water partition coefficient (Wildman–Crippen LogP) is 2.62. The summed E-state index contributed by atoms with van der Waals surface area (Å²) in [6.07, 6.45) is 8.31. The zero-order valence-electron chi connectivity index (χ0n) is 10.5. The Hall–Kier alpha value is -0.450. The summed E-state index contributed by atoms with van der Waals surface area (Å²) in [5.41, 5.74) is 1.91. The molecule has 1 aromatic rings. The summed E-state index contributed by atoms with van der Waals surface area (Å²) in [6, 6.07) is 0.454. The number of hydrogen-bond donors (Lipinski definition) is 1. The fourth-order valence-electron chi connectivity index (χ4n) is 2.31. The predicted molar refractivity (Wildman–Crippen MR) is 71.5 cm³/mol. The molecule has 0 aromatic carbocycles. The summed E-state index contributed by atoms with van der Waals surface area (Å²) in [5, 5.41) is 3.63. The Morgan fingerprint density at radius 3 is 3.18 bits per heavy atom. The van der Waals surface area contributed by atoms with Gasteiger partial charge in [0.05, 0.1) is 11.6 Å². The first-order valence-electron chi connectivity index (χ1n) is 6.62. The lowest BCUT2D eigenvalue weighted by atomic mass is 9.99. The minimum atomic E-state index is 0.386. The summed E-state index contributed by atoms with van der Waals surface area (Å²) < 4.78 is 5.91. The second kappa shape index (κ2) is 7.09. The Balaban J connectivity index is 1.91. The smallest absolute Gasteiger partial charge is 0.0794 e. The maximum Gasteiger partial charge on any atom is 0.0794 e. The van der Waals surface area contributed by atoms with Crippen molar-refractivity contribution in [3.05, 3.63) is 16.6 Å². The van der Waals surface area contributed by atoms with E-state index in [1.54, 1.807) is 11.3 Å². The number of rotatable bonds is 6. The topological polar surface area (TPSA) is 34.2 Å². The van der Waals surface area contributed by atoms with Crippen LogP contribution in [0.1, 0.15) is 37.5 Å². The first-order chi connectivity index (χ1) is 8.40. The first kappa shape index (κ1) is 13.0. The Morgan fingerprint density at radius 2 is 2.53 bits per heavy atom. The van der Waals surface area contributed by atoms with Crippen LogP contribution in [0.4, 0.5) is 0 Å². The van der Waals surface area contributed by atoms with Crippen LogP contribution in [0, 0.1) is 0 Å². The van der Waals surface area contributed by atoms with Gasteiger partial charge in [-0.2, -0.15) is 0 Å². The third-order valence-electron chi connectivity index (χ3n) is 3.22. The average molecular weight is 254 g/mol. The molecule has 4 heteroatoms. The minimum absolute atomic E-state index is 0.386. The van der Waals surface area contributed by atoms with Gasteiger partial charge in [0.25, 0.3) is 0 Å². The number of nitrogens with one attached hydrogen (secondary N) is 1. The molecular weight excluding hydrogens is 232 g/mol. The zero-order chi connectivity index (χ0) is 11.9. The highest BCUT2D eigenvalue weighted by atomic mass is 32.1. The monoisotopic (exact) mass is 254 g/mol. The standard InChI is InChI=1S/C13H22N2OS/c1-2-6-15-12(8-11-9-14-10-17-11)13-5-3-4-7-16-13/h9-10,12-13,15H,2-8H2,1H3. The second-order valence-corrected chi connectivity index (χ2v) is 5.61. The first-order valence-corrected chi connectivity index (χ1v) is 7.50. The molecule has 0 amide bonds. The number of aromatic nitrogens is 1. The minimum Gasteiger partial charge on any atom is -0.377 e. The molecule has 1 saturated heterocycles. The van der Waals surface area contributed by atoms with E-state index in [9.17, 15) is 0 Å². The highest BCUT2D eigenvalue weighted by Gasteiger charge is 2.24. The van der Waals surface area contributed by atoms with E-state index in [2.05, 4.69) is 17.2 Å². The molecule has 1 aliphatic rings. The molecule has 0 spiro atoms. The molecule has 17 heavy (non-hydrogen) atoms. The SMILES string of the molecule is CCCNC(Cc1cncs1)C1CCCCO1. The van der Waals surface area contributed by atoms with E-state index in [4.69, 9.17) is 4.74 Å². The summed E-state index contributed by atoms with van der Waals surface area (Å²) in [6.45, 7) is 4.21. The van der Waals surface area contributed by atoms with Crippen LogP contribution in [0.15, 0.2) is 11.7 Å². The van der Waals surface area contributed by atoms with Gasteiger partial charge < -0.3 is 10.1 Å². The van der Waals surface area contributed by atoms with Crippen molar-refractivity contribution in [3.8, 4) is 0 Å². The lowest BCUT2D eigenvalue weighted by Crippen LogP contribution is -2.44. The Labute approximate surface area is 108 Å².